The summed E-state index contributed by atoms with van der Waals surface area (Å²) in [5.74, 6) is -0.426. The number of aliphatic hydroxyl groups is 1. The van der Waals surface area contributed by atoms with Crippen molar-refractivity contribution in [3.63, 3.8) is 0 Å². The molecule has 1 heterocycles. The van der Waals surface area contributed by atoms with Crippen molar-refractivity contribution in [1.82, 2.24) is 0 Å². The Morgan fingerprint density at radius 2 is 1.36 bits per heavy atom. The summed E-state index contributed by atoms with van der Waals surface area (Å²) >= 11 is 0. The lowest BCUT2D eigenvalue weighted by Gasteiger charge is -2.64. The summed E-state index contributed by atoms with van der Waals surface area (Å²) < 4.78 is 25.3. The average molecular weight is 617 g/mol. The van der Waals surface area contributed by atoms with Crippen molar-refractivity contribution in [2.24, 2.45) is 44.8 Å². The summed E-state index contributed by atoms with van der Waals surface area (Å²) in [7, 11) is 0. The molecule has 0 bridgehead atoms. The third-order valence-corrected chi connectivity index (χ3v) is 14.6. The van der Waals surface area contributed by atoms with Gasteiger partial charge in [-0.2, -0.15) is 0 Å². The Hall–Kier alpha value is -1.67. The van der Waals surface area contributed by atoms with E-state index in [4.69, 9.17) is 18.9 Å². The molecule has 8 heteroatoms. The van der Waals surface area contributed by atoms with Crippen LogP contribution in [0.15, 0.2) is 0 Å². The van der Waals surface area contributed by atoms with Crippen LogP contribution in [0.4, 0.5) is 0 Å². The predicted molar refractivity (Wildman–Crippen MR) is 163 cm³/mol. The van der Waals surface area contributed by atoms with Gasteiger partial charge in [-0.3, -0.25) is 14.4 Å². The third kappa shape index (κ3) is 4.24. The van der Waals surface area contributed by atoms with Gasteiger partial charge in [-0.1, -0.05) is 27.7 Å². The monoisotopic (exact) mass is 616 g/mol. The Labute approximate surface area is 263 Å². The number of hydrogen-bond donors (Lipinski definition) is 1. The van der Waals surface area contributed by atoms with Crippen LogP contribution in [0.1, 0.15) is 127 Å². The van der Waals surface area contributed by atoms with Crippen molar-refractivity contribution < 1.29 is 38.4 Å². The van der Waals surface area contributed by atoms with E-state index in [0.717, 1.165) is 57.8 Å². The Kier molecular flexibility index (Phi) is 7.10. The molecule has 248 valence electrons. The maximum absolute atomic E-state index is 12.7. The molecule has 6 aliphatic rings. The molecule has 5 saturated carbocycles. The number of ether oxygens (including phenoxy) is 4. The van der Waals surface area contributed by atoms with Gasteiger partial charge < -0.3 is 24.1 Å². The van der Waals surface area contributed by atoms with Gasteiger partial charge in [0.05, 0.1) is 17.3 Å². The van der Waals surface area contributed by atoms with Crippen molar-refractivity contribution >= 4 is 17.9 Å². The first-order valence-corrected chi connectivity index (χ1v) is 17.1. The molecule has 6 rings (SSSR count). The second kappa shape index (κ2) is 9.68. The highest BCUT2D eigenvalue weighted by Gasteiger charge is 2.85. The Morgan fingerprint density at radius 1 is 0.750 bits per heavy atom. The Balaban J connectivity index is 1.42. The van der Waals surface area contributed by atoms with Crippen molar-refractivity contribution in [3.8, 4) is 0 Å². The lowest BCUT2D eigenvalue weighted by Crippen LogP contribution is -2.63. The van der Waals surface area contributed by atoms with Gasteiger partial charge in [0, 0.05) is 38.0 Å². The molecule has 2 spiro atoms. The fourth-order valence-corrected chi connectivity index (χ4v) is 13.1. The summed E-state index contributed by atoms with van der Waals surface area (Å²) in [6.45, 7) is 19.6. The van der Waals surface area contributed by atoms with E-state index in [1.165, 1.54) is 20.8 Å². The zero-order valence-electron chi connectivity index (χ0n) is 28.7. The highest BCUT2D eigenvalue weighted by molar-refractivity contribution is 5.67. The van der Waals surface area contributed by atoms with Gasteiger partial charge in [0.25, 0.3) is 0 Å². The second-order valence-electron chi connectivity index (χ2n) is 17.6. The van der Waals surface area contributed by atoms with Crippen LogP contribution in [0, 0.1) is 44.8 Å². The number of hydrogen-bond acceptors (Lipinski definition) is 8. The van der Waals surface area contributed by atoms with Crippen LogP contribution in [-0.2, 0) is 33.3 Å². The van der Waals surface area contributed by atoms with E-state index in [2.05, 4.69) is 34.6 Å². The molecule has 0 aromatic rings. The molecule has 6 fully saturated rings. The molecule has 44 heavy (non-hydrogen) atoms. The topological polar surface area (TPSA) is 108 Å². The molecule has 12 atom stereocenters. The highest BCUT2D eigenvalue weighted by atomic mass is 16.6. The van der Waals surface area contributed by atoms with E-state index in [1.54, 1.807) is 0 Å². The summed E-state index contributed by atoms with van der Waals surface area (Å²) in [5.41, 5.74) is -2.07. The molecule has 0 radical (unpaired) electrons. The highest BCUT2D eigenvalue weighted by Crippen LogP contribution is 2.89. The maximum Gasteiger partial charge on any atom is 0.302 e. The molecule has 0 aromatic carbocycles. The van der Waals surface area contributed by atoms with Crippen LogP contribution < -0.4 is 0 Å². The molecule has 5 aliphatic carbocycles. The number of fused-ring (bicyclic) bond motifs is 2. The first kappa shape index (κ1) is 32.3. The van der Waals surface area contributed by atoms with Crippen LogP contribution in [-0.4, -0.2) is 58.6 Å². The van der Waals surface area contributed by atoms with Crippen molar-refractivity contribution in [2.45, 2.75) is 163 Å². The second-order valence-corrected chi connectivity index (χ2v) is 17.6. The van der Waals surface area contributed by atoms with Crippen molar-refractivity contribution in [2.75, 3.05) is 0 Å². The van der Waals surface area contributed by atoms with Crippen molar-refractivity contribution in [1.29, 1.82) is 0 Å². The maximum atomic E-state index is 12.7. The molecule has 6 unspecified atom stereocenters. The van der Waals surface area contributed by atoms with Gasteiger partial charge in [-0.25, -0.2) is 0 Å². The standard InChI is InChI=1S/C36H56O8/c1-20(37)41-23-17-25-33(9)18-24(42-21(2)38)29(34(10)13-11-27(44-34)31(6,7)40)32(33,8)15-16-35(25)19-36(35)14-12-26(43-22(3)39)30(4,5)28(23)36/h23-29,40H,11-19H2,1-10H3/t23-,24?,25?,26?,27+,28?,29?,32?,33-,34-,35-,36+/m0/s1. The quantitative estimate of drug-likeness (QED) is 0.290. The molecular weight excluding hydrogens is 560 g/mol. The van der Waals surface area contributed by atoms with Crippen LogP contribution in [0.2, 0.25) is 0 Å². The van der Waals surface area contributed by atoms with E-state index < -0.39 is 11.2 Å². The number of rotatable bonds is 5. The summed E-state index contributed by atoms with van der Waals surface area (Å²) in [5, 5.41) is 10.9. The molecule has 8 nitrogen and oxygen atoms in total. The van der Waals surface area contributed by atoms with E-state index in [0.29, 0.717) is 0 Å². The van der Waals surface area contributed by atoms with Crippen LogP contribution in [0.25, 0.3) is 0 Å². The van der Waals surface area contributed by atoms with E-state index >= 15 is 0 Å². The number of carbonyl (C=O) groups excluding carboxylic acids is 3. The van der Waals surface area contributed by atoms with Crippen LogP contribution in [0.3, 0.4) is 0 Å². The SMILES string of the molecule is CC(=O)OC1C[C@@]2(C)C3C[C@H](OC(C)=O)C4C(C)(C)C(OC(C)=O)CC[C@@]45C[C@@]35CCC2(C)C1[C@]1(C)CC[C@H](C(C)(C)O)O1. The van der Waals surface area contributed by atoms with Gasteiger partial charge in [-0.15, -0.1) is 0 Å². The molecule has 0 aromatic heterocycles. The smallest absolute Gasteiger partial charge is 0.302 e. The minimum Gasteiger partial charge on any atom is -0.462 e. The normalized spacial score (nSPS) is 50.4. The Morgan fingerprint density at radius 3 is 1.93 bits per heavy atom. The fourth-order valence-electron chi connectivity index (χ4n) is 13.1. The minimum atomic E-state index is -0.956. The predicted octanol–water partition coefficient (Wildman–Crippen LogP) is 6.15. The lowest BCUT2D eigenvalue weighted by atomic mass is 9.41. The molecular formula is C36H56O8. The first-order chi connectivity index (χ1) is 20.2. The van der Waals surface area contributed by atoms with Crippen LogP contribution in [0.5, 0.6) is 0 Å². The van der Waals surface area contributed by atoms with Crippen molar-refractivity contribution in [3.05, 3.63) is 0 Å². The van der Waals surface area contributed by atoms with Gasteiger partial charge in [-0.05, 0) is 106 Å². The molecule has 0 amide bonds. The summed E-state index contributed by atoms with van der Waals surface area (Å²) in [6.07, 6.45) is 7.01. The average Bonchev–Trinajstić information content (AvgIpc) is 3.21. The zero-order chi connectivity index (χ0) is 32.5. The summed E-state index contributed by atoms with van der Waals surface area (Å²) in [6, 6.07) is 0. The molecule has 1 aliphatic heterocycles. The largest absolute Gasteiger partial charge is 0.462 e. The van der Waals surface area contributed by atoms with E-state index in [9.17, 15) is 19.5 Å². The zero-order valence-corrected chi connectivity index (χ0v) is 28.7. The molecule has 1 saturated heterocycles. The van der Waals surface area contributed by atoms with E-state index in [1.807, 2.05) is 13.8 Å². The van der Waals surface area contributed by atoms with Gasteiger partial charge >= 0.3 is 17.9 Å². The number of esters is 3. The minimum absolute atomic E-state index is 0.0231. The molecule has 1 N–H and O–H groups in total. The van der Waals surface area contributed by atoms with Gasteiger partial charge in [0.15, 0.2) is 0 Å². The third-order valence-electron chi connectivity index (χ3n) is 14.6. The first-order valence-electron chi connectivity index (χ1n) is 17.1. The number of carbonyl (C=O) groups is 3. The Bertz CT molecular complexity index is 1240. The lowest BCUT2D eigenvalue weighted by molar-refractivity contribution is -0.224. The summed E-state index contributed by atoms with van der Waals surface area (Å²) in [4.78, 5) is 37.4. The van der Waals surface area contributed by atoms with Gasteiger partial charge in [0.2, 0.25) is 0 Å². The van der Waals surface area contributed by atoms with Crippen LogP contribution >= 0.6 is 0 Å². The van der Waals surface area contributed by atoms with E-state index in [-0.39, 0.29) is 87.2 Å². The van der Waals surface area contributed by atoms with Gasteiger partial charge in [0.1, 0.15) is 18.3 Å². The fraction of sp³-hybridized carbons (Fsp3) is 0.917.